The van der Waals surface area contributed by atoms with E-state index in [9.17, 15) is 9.59 Å². The van der Waals surface area contributed by atoms with Gasteiger partial charge >= 0.3 is 0 Å². The van der Waals surface area contributed by atoms with E-state index in [1.54, 1.807) is 12.3 Å². The van der Waals surface area contributed by atoms with Gasteiger partial charge < -0.3 is 15.1 Å². The number of allylic oxidation sites excluding steroid dienone is 1. The molecule has 5 heteroatoms. The molecule has 0 radical (unpaired) electrons. The molecule has 1 heterocycles. The molecule has 0 aliphatic heterocycles. The maximum Gasteiger partial charge on any atom is 0.224 e. The highest BCUT2D eigenvalue weighted by Gasteiger charge is 2.47. The van der Waals surface area contributed by atoms with Gasteiger partial charge in [0.2, 0.25) is 11.8 Å². The van der Waals surface area contributed by atoms with Gasteiger partial charge in [-0.15, -0.1) is 0 Å². The van der Waals surface area contributed by atoms with Crippen molar-refractivity contribution in [2.75, 3.05) is 6.54 Å². The van der Waals surface area contributed by atoms with Crippen molar-refractivity contribution < 1.29 is 14.0 Å². The molecule has 0 spiro atoms. The molecular formula is C18H24N2O3. The summed E-state index contributed by atoms with van der Waals surface area (Å²) < 4.78 is 5.17. The quantitative estimate of drug-likeness (QED) is 0.759. The maximum absolute atomic E-state index is 12.1. The largest absolute Gasteiger partial charge is 0.467 e. The molecule has 2 unspecified atom stereocenters. The summed E-state index contributed by atoms with van der Waals surface area (Å²) in [6.45, 7) is 1.06. The third-order valence-electron chi connectivity index (χ3n) is 4.61. The van der Waals surface area contributed by atoms with Crippen LogP contribution in [-0.4, -0.2) is 18.4 Å². The van der Waals surface area contributed by atoms with Crippen LogP contribution < -0.4 is 10.6 Å². The predicted octanol–water partition coefficient (Wildman–Crippen LogP) is 2.54. The highest BCUT2D eigenvalue weighted by Crippen LogP contribution is 2.38. The first-order valence-corrected chi connectivity index (χ1v) is 8.50. The second kappa shape index (κ2) is 7.49. The monoisotopic (exact) mass is 316 g/mol. The van der Waals surface area contributed by atoms with Gasteiger partial charge in [-0.3, -0.25) is 9.59 Å². The van der Waals surface area contributed by atoms with E-state index in [0.717, 1.165) is 18.6 Å². The van der Waals surface area contributed by atoms with Crippen molar-refractivity contribution in [1.29, 1.82) is 0 Å². The summed E-state index contributed by atoms with van der Waals surface area (Å²) in [6.07, 6.45) is 10.4. The minimum atomic E-state index is -0.182. The SMILES string of the molecule is O=C(NCCC1=CCCCC1)C1CC1C(=O)NCc1ccco1. The fourth-order valence-electron chi connectivity index (χ4n) is 3.10. The van der Waals surface area contributed by atoms with Gasteiger partial charge in [-0.25, -0.2) is 0 Å². The van der Waals surface area contributed by atoms with Crippen LogP contribution in [0.4, 0.5) is 0 Å². The Morgan fingerprint density at radius 3 is 2.70 bits per heavy atom. The number of carbonyl (C=O) groups is 2. The molecule has 2 aliphatic rings. The average Bonchev–Trinajstić information content (AvgIpc) is 3.21. The fraction of sp³-hybridized carbons (Fsp3) is 0.556. The summed E-state index contributed by atoms with van der Waals surface area (Å²) in [4.78, 5) is 24.1. The Morgan fingerprint density at radius 2 is 2.00 bits per heavy atom. The van der Waals surface area contributed by atoms with E-state index >= 15 is 0 Å². The van der Waals surface area contributed by atoms with E-state index in [2.05, 4.69) is 16.7 Å². The van der Waals surface area contributed by atoms with Crippen LogP contribution in [0, 0.1) is 11.8 Å². The third kappa shape index (κ3) is 4.47. The molecule has 1 aromatic rings. The Bertz CT molecular complexity index is 577. The summed E-state index contributed by atoms with van der Waals surface area (Å²) in [7, 11) is 0. The maximum atomic E-state index is 12.1. The Balaban J connectivity index is 1.33. The van der Waals surface area contributed by atoms with Gasteiger partial charge in [-0.2, -0.15) is 0 Å². The van der Waals surface area contributed by atoms with E-state index in [4.69, 9.17) is 4.42 Å². The second-order valence-corrected chi connectivity index (χ2v) is 6.40. The molecule has 2 atom stereocenters. The van der Waals surface area contributed by atoms with Gasteiger partial charge in [0, 0.05) is 6.54 Å². The first-order valence-electron chi connectivity index (χ1n) is 8.50. The lowest BCUT2D eigenvalue weighted by atomic mass is 9.97. The zero-order valence-electron chi connectivity index (χ0n) is 13.3. The Hall–Kier alpha value is -2.04. The van der Waals surface area contributed by atoms with Gasteiger partial charge in [0.05, 0.1) is 24.6 Å². The van der Waals surface area contributed by atoms with Crippen LogP contribution in [0.2, 0.25) is 0 Å². The van der Waals surface area contributed by atoms with Gasteiger partial charge in [0.1, 0.15) is 5.76 Å². The smallest absolute Gasteiger partial charge is 0.224 e. The molecule has 2 amide bonds. The predicted molar refractivity (Wildman–Crippen MR) is 86.3 cm³/mol. The van der Waals surface area contributed by atoms with Crippen molar-refractivity contribution in [2.45, 2.75) is 45.1 Å². The van der Waals surface area contributed by atoms with Crippen molar-refractivity contribution in [3.63, 3.8) is 0 Å². The number of carbonyl (C=O) groups excluding carboxylic acids is 2. The average molecular weight is 316 g/mol. The lowest BCUT2D eigenvalue weighted by molar-refractivity contribution is -0.127. The highest BCUT2D eigenvalue weighted by atomic mass is 16.3. The standard InChI is InChI=1S/C18H24N2O3/c21-17(19-9-8-13-5-2-1-3-6-13)15-11-16(15)18(22)20-12-14-7-4-10-23-14/h4-5,7,10,15-16H,1-3,6,8-9,11-12H2,(H,19,21)(H,20,22). The van der Waals surface area contributed by atoms with E-state index in [0.29, 0.717) is 19.5 Å². The first kappa shape index (κ1) is 15.8. The number of nitrogens with one attached hydrogen (secondary N) is 2. The van der Waals surface area contributed by atoms with E-state index < -0.39 is 0 Å². The lowest BCUT2D eigenvalue weighted by Crippen LogP contribution is -2.30. The van der Waals surface area contributed by atoms with E-state index in [1.807, 2.05) is 6.07 Å². The molecular weight excluding hydrogens is 292 g/mol. The van der Waals surface area contributed by atoms with E-state index in [-0.39, 0.29) is 23.7 Å². The number of hydrogen-bond acceptors (Lipinski definition) is 3. The van der Waals surface area contributed by atoms with E-state index in [1.165, 1.54) is 24.8 Å². The minimum Gasteiger partial charge on any atom is -0.467 e. The van der Waals surface area contributed by atoms with Gasteiger partial charge in [-0.05, 0) is 50.7 Å². The highest BCUT2D eigenvalue weighted by molar-refractivity contribution is 5.92. The molecule has 2 N–H and O–H groups in total. The van der Waals surface area contributed by atoms with Crippen LogP contribution in [-0.2, 0) is 16.1 Å². The molecule has 0 aromatic carbocycles. The number of hydrogen-bond donors (Lipinski definition) is 2. The van der Waals surface area contributed by atoms with Crippen molar-refractivity contribution in [1.82, 2.24) is 10.6 Å². The summed E-state index contributed by atoms with van der Waals surface area (Å²) in [5.74, 6) is 0.336. The Morgan fingerprint density at radius 1 is 1.17 bits per heavy atom. The number of rotatable bonds is 7. The van der Waals surface area contributed by atoms with Crippen molar-refractivity contribution in [3.8, 4) is 0 Å². The van der Waals surface area contributed by atoms with Gasteiger partial charge in [0.15, 0.2) is 0 Å². The van der Waals surface area contributed by atoms with Gasteiger partial charge in [-0.1, -0.05) is 11.6 Å². The van der Waals surface area contributed by atoms with Crippen molar-refractivity contribution >= 4 is 11.8 Å². The Labute approximate surface area is 136 Å². The normalized spacial score (nSPS) is 23.0. The molecule has 5 nitrogen and oxygen atoms in total. The molecule has 23 heavy (non-hydrogen) atoms. The zero-order chi connectivity index (χ0) is 16.1. The Kier molecular flexibility index (Phi) is 5.16. The van der Waals surface area contributed by atoms with Crippen LogP contribution in [0.1, 0.15) is 44.3 Å². The number of amides is 2. The molecule has 1 fully saturated rings. The second-order valence-electron chi connectivity index (χ2n) is 6.40. The fourth-order valence-corrected chi connectivity index (χ4v) is 3.10. The summed E-state index contributed by atoms with van der Waals surface area (Å²) in [5, 5.41) is 5.79. The number of furan rings is 1. The zero-order valence-corrected chi connectivity index (χ0v) is 13.3. The van der Waals surface area contributed by atoms with Crippen LogP contribution in [0.5, 0.6) is 0 Å². The molecule has 3 rings (SSSR count). The van der Waals surface area contributed by atoms with Crippen molar-refractivity contribution in [3.05, 3.63) is 35.8 Å². The first-order chi connectivity index (χ1) is 11.2. The third-order valence-corrected chi connectivity index (χ3v) is 4.61. The lowest BCUT2D eigenvalue weighted by Gasteiger charge is -2.12. The molecule has 1 aromatic heterocycles. The van der Waals surface area contributed by atoms with Crippen LogP contribution in [0.25, 0.3) is 0 Å². The molecule has 0 saturated heterocycles. The molecule has 124 valence electrons. The van der Waals surface area contributed by atoms with Crippen LogP contribution >= 0.6 is 0 Å². The van der Waals surface area contributed by atoms with Crippen LogP contribution in [0.3, 0.4) is 0 Å². The molecule has 1 saturated carbocycles. The molecule has 0 bridgehead atoms. The summed E-state index contributed by atoms with van der Waals surface area (Å²) in [6, 6.07) is 3.61. The molecule has 2 aliphatic carbocycles. The summed E-state index contributed by atoms with van der Waals surface area (Å²) >= 11 is 0. The topological polar surface area (TPSA) is 71.3 Å². The summed E-state index contributed by atoms with van der Waals surface area (Å²) in [5.41, 5.74) is 1.46. The van der Waals surface area contributed by atoms with Crippen LogP contribution in [0.15, 0.2) is 34.5 Å². The minimum absolute atomic E-state index is 0.0135. The van der Waals surface area contributed by atoms with Crippen molar-refractivity contribution in [2.24, 2.45) is 11.8 Å². The van der Waals surface area contributed by atoms with Gasteiger partial charge in [0.25, 0.3) is 0 Å².